The molecule has 0 aliphatic heterocycles. The first kappa shape index (κ1) is 24.0. The van der Waals surface area contributed by atoms with Crippen LogP contribution in [0.25, 0.3) is 20.8 Å². The number of aryl methyl sites for hydroxylation is 2. The van der Waals surface area contributed by atoms with Crippen LogP contribution in [-0.4, -0.2) is 64.6 Å². The third kappa shape index (κ3) is 4.13. The maximum absolute atomic E-state index is 10.9. The van der Waals surface area contributed by atoms with Crippen LogP contribution in [0.2, 0.25) is 0 Å². The Morgan fingerprint density at radius 2 is 1.81 bits per heavy atom. The number of fused-ring (bicyclic) bond motifs is 1. The summed E-state index contributed by atoms with van der Waals surface area (Å²) in [7, 11) is 0. The lowest BCUT2D eigenvalue weighted by Crippen LogP contribution is -2.40. The molecule has 3 aliphatic rings. The second kappa shape index (κ2) is 8.31. The molecule has 5 N–H and O–H groups in total. The predicted molar refractivity (Wildman–Crippen MR) is 140 cm³/mol. The normalized spacial score (nSPS) is 27.4. The molecule has 0 saturated heterocycles. The molecule has 0 bridgehead atoms. The lowest BCUT2D eigenvalue weighted by molar-refractivity contribution is -0.0601. The third-order valence-electron chi connectivity index (χ3n) is 8.21. The monoisotopic (exact) mass is 510 g/mol. The summed E-state index contributed by atoms with van der Waals surface area (Å²) in [6.45, 7) is 7.24. The van der Waals surface area contributed by atoms with E-state index in [-0.39, 0.29) is 5.54 Å². The first-order chi connectivity index (χ1) is 17.1. The third-order valence-corrected chi connectivity index (χ3v) is 9.25. The Bertz CT molecular complexity index is 1310. The van der Waals surface area contributed by atoms with Crippen LogP contribution in [0.3, 0.4) is 0 Å². The first-order valence-electron chi connectivity index (χ1n) is 12.8. The summed E-state index contributed by atoms with van der Waals surface area (Å²) < 4.78 is 1.04. The molecule has 10 heteroatoms. The number of aromatic nitrogens is 4. The Hall–Kier alpha value is -2.40. The molecule has 4 atom stereocenters. The number of anilines is 2. The van der Waals surface area contributed by atoms with Gasteiger partial charge >= 0.3 is 0 Å². The Labute approximate surface area is 214 Å². The summed E-state index contributed by atoms with van der Waals surface area (Å²) in [6.07, 6.45) is 4.89. The van der Waals surface area contributed by atoms with Crippen LogP contribution < -0.4 is 10.6 Å². The molecule has 0 unspecified atom stereocenters. The second-order valence-corrected chi connectivity index (χ2v) is 12.4. The second-order valence-electron chi connectivity index (χ2n) is 11.4. The van der Waals surface area contributed by atoms with Crippen molar-refractivity contribution in [3.8, 4) is 10.6 Å². The van der Waals surface area contributed by atoms with E-state index in [0.29, 0.717) is 24.1 Å². The van der Waals surface area contributed by atoms with Gasteiger partial charge in [-0.15, -0.1) is 11.3 Å². The van der Waals surface area contributed by atoms with Gasteiger partial charge in [0.2, 0.25) is 5.95 Å². The highest BCUT2D eigenvalue weighted by atomic mass is 32.1. The molecule has 3 saturated carbocycles. The van der Waals surface area contributed by atoms with E-state index < -0.39 is 29.8 Å². The van der Waals surface area contributed by atoms with E-state index >= 15 is 0 Å². The zero-order valence-corrected chi connectivity index (χ0v) is 21.9. The number of hydrogen-bond acceptors (Lipinski definition) is 10. The minimum atomic E-state index is -1.12. The molecule has 3 aromatic rings. The van der Waals surface area contributed by atoms with Crippen LogP contribution in [0.5, 0.6) is 0 Å². The average molecular weight is 511 g/mol. The van der Waals surface area contributed by atoms with Crippen molar-refractivity contribution in [1.29, 1.82) is 0 Å². The van der Waals surface area contributed by atoms with E-state index in [2.05, 4.69) is 15.6 Å². The largest absolute Gasteiger partial charge is 0.390 e. The van der Waals surface area contributed by atoms with Crippen molar-refractivity contribution >= 4 is 33.3 Å². The van der Waals surface area contributed by atoms with Gasteiger partial charge in [-0.05, 0) is 71.8 Å². The van der Waals surface area contributed by atoms with Crippen LogP contribution in [0.1, 0.15) is 57.3 Å². The average Bonchev–Trinajstić information content (AvgIpc) is 3.71. The van der Waals surface area contributed by atoms with Crippen molar-refractivity contribution in [1.82, 2.24) is 19.9 Å². The number of nitrogens with one attached hydrogen (secondary N) is 2. The Kier molecular flexibility index (Phi) is 5.53. The molecule has 0 radical (unpaired) electrons. The number of nitrogens with zero attached hydrogens (tertiary/aromatic N) is 4. The van der Waals surface area contributed by atoms with E-state index in [4.69, 9.17) is 15.0 Å². The summed E-state index contributed by atoms with van der Waals surface area (Å²) in [5, 5.41) is 39.9. The first-order valence-corrected chi connectivity index (χ1v) is 13.6. The van der Waals surface area contributed by atoms with Gasteiger partial charge in [-0.2, -0.15) is 4.98 Å². The Morgan fingerprint density at radius 3 is 2.42 bits per heavy atom. The topological polar surface area (TPSA) is 136 Å². The van der Waals surface area contributed by atoms with Crippen molar-refractivity contribution in [2.45, 2.75) is 89.2 Å². The zero-order chi connectivity index (χ0) is 25.4. The van der Waals surface area contributed by atoms with Gasteiger partial charge in [-0.3, -0.25) is 4.98 Å². The van der Waals surface area contributed by atoms with Gasteiger partial charge in [0.25, 0.3) is 0 Å². The number of thiazole rings is 1. The molecular weight excluding hydrogens is 476 g/mol. The van der Waals surface area contributed by atoms with Crippen molar-refractivity contribution in [3.05, 3.63) is 23.7 Å². The minimum absolute atomic E-state index is 0.110. The molecular formula is C26H34N6O3S. The van der Waals surface area contributed by atoms with Gasteiger partial charge in [0, 0.05) is 17.7 Å². The summed E-state index contributed by atoms with van der Waals surface area (Å²) in [4.78, 5) is 19.0. The molecule has 36 heavy (non-hydrogen) atoms. The molecule has 192 valence electrons. The fraction of sp³-hybridized carbons (Fsp3) is 0.615. The molecule has 3 aliphatic carbocycles. The van der Waals surface area contributed by atoms with E-state index in [1.54, 1.807) is 31.4 Å². The van der Waals surface area contributed by atoms with Crippen molar-refractivity contribution in [2.75, 3.05) is 10.6 Å². The summed E-state index contributed by atoms with van der Waals surface area (Å²) in [5.41, 5.74) is 2.29. The minimum Gasteiger partial charge on any atom is -0.390 e. The van der Waals surface area contributed by atoms with Gasteiger partial charge in [0.15, 0.2) is 0 Å². The molecule has 9 nitrogen and oxygen atoms in total. The van der Waals surface area contributed by atoms with Crippen molar-refractivity contribution in [3.63, 3.8) is 0 Å². The Morgan fingerprint density at radius 1 is 1.06 bits per heavy atom. The number of aliphatic hydroxyl groups excluding tert-OH is 2. The maximum Gasteiger partial charge on any atom is 0.225 e. The van der Waals surface area contributed by atoms with Gasteiger partial charge in [0.1, 0.15) is 22.4 Å². The molecule has 6 rings (SSSR count). The van der Waals surface area contributed by atoms with Crippen LogP contribution >= 0.6 is 11.3 Å². The summed E-state index contributed by atoms with van der Waals surface area (Å²) in [6, 6.07) is 1.48. The number of rotatable bonds is 7. The Balaban J connectivity index is 1.40. The molecule has 0 amide bonds. The maximum atomic E-state index is 10.9. The molecule has 3 aromatic heterocycles. The number of pyridine rings is 1. The number of hydrogen-bond donors (Lipinski definition) is 5. The highest BCUT2D eigenvalue weighted by molar-refractivity contribution is 7.21. The summed E-state index contributed by atoms with van der Waals surface area (Å²) in [5.74, 6) is 1.38. The molecule has 0 aromatic carbocycles. The van der Waals surface area contributed by atoms with Crippen molar-refractivity contribution < 1.29 is 15.3 Å². The fourth-order valence-electron chi connectivity index (χ4n) is 5.76. The SMILES string of the molecule is Cc1nc(NC2(C3CC3)CC2)nc(N[C@@H]2C[C@H](C(C)(C)O)[C@@H](O)[C@H]2O)c1-c1nc2c(C)nccc2s1. The van der Waals surface area contributed by atoms with Crippen LogP contribution in [-0.2, 0) is 0 Å². The zero-order valence-electron chi connectivity index (χ0n) is 21.1. The van der Waals surface area contributed by atoms with E-state index in [1.807, 2.05) is 19.9 Å². The molecule has 3 heterocycles. The highest BCUT2D eigenvalue weighted by Gasteiger charge is 2.54. The number of aliphatic hydroxyl groups is 3. The predicted octanol–water partition coefficient (Wildman–Crippen LogP) is 3.41. The standard InChI is InChI=1S/C26H34N6O3S/c1-12-18(23-30-19-13(2)27-10-7-17(19)36-23)22(29-16-11-15(25(3,4)35)20(33)21(16)34)31-24(28-12)32-26(8-9-26)14-5-6-14/h7,10,14-16,20-21,33-35H,5-6,8-9,11H2,1-4H3,(H2,28,29,31,32)/t15-,16+,20+,21-/m0/s1. The van der Waals surface area contributed by atoms with E-state index in [1.165, 1.54) is 12.8 Å². The lowest BCUT2D eigenvalue weighted by Gasteiger charge is -2.28. The van der Waals surface area contributed by atoms with E-state index in [9.17, 15) is 15.3 Å². The van der Waals surface area contributed by atoms with Crippen LogP contribution in [0.15, 0.2) is 12.3 Å². The molecule has 3 fully saturated rings. The van der Waals surface area contributed by atoms with Gasteiger partial charge < -0.3 is 26.0 Å². The smallest absolute Gasteiger partial charge is 0.225 e. The van der Waals surface area contributed by atoms with Gasteiger partial charge in [-0.1, -0.05) is 0 Å². The highest BCUT2D eigenvalue weighted by Crippen LogP contribution is 2.55. The molecule has 0 spiro atoms. The quantitative estimate of drug-likeness (QED) is 0.324. The summed E-state index contributed by atoms with van der Waals surface area (Å²) >= 11 is 1.56. The fourth-order valence-corrected chi connectivity index (χ4v) is 6.87. The van der Waals surface area contributed by atoms with Gasteiger partial charge in [-0.25, -0.2) is 9.97 Å². The van der Waals surface area contributed by atoms with Crippen LogP contribution in [0, 0.1) is 25.7 Å². The van der Waals surface area contributed by atoms with Crippen LogP contribution in [0.4, 0.5) is 11.8 Å². The van der Waals surface area contributed by atoms with E-state index in [0.717, 1.165) is 45.0 Å². The lowest BCUT2D eigenvalue weighted by atomic mass is 9.88. The van der Waals surface area contributed by atoms with Gasteiger partial charge in [0.05, 0.1) is 39.4 Å². The van der Waals surface area contributed by atoms with Crippen molar-refractivity contribution in [2.24, 2.45) is 11.8 Å².